The molecular formula is C18H34N6O3. The molecule has 1 unspecified atom stereocenters. The molecule has 1 atom stereocenters. The number of nitrogens with two attached hydrogens (primary N) is 1. The number of rotatable bonds is 1. The highest BCUT2D eigenvalue weighted by Gasteiger charge is 2.19. The highest BCUT2D eigenvalue weighted by atomic mass is 16.5. The van der Waals surface area contributed by atoms with Crippen LogP contribution >= 0.6 is 0 Å². The second kappa shape index (κ2) is 12.9. The number of cyclic esters (lactones) is 1. The Balaban J connectivity index is 2.84. The Morgan fingerprint density at radius 2 is 1.89 bits per heavy atom. The van der Waals surface area contributed by atoms with E-state index in [0.717, 1.165) is 56.4 Å². The van der Waals surface area contributed by atoms with Crippen molar-refractivity contribution in [3.8, 4) is 0 Å². The summed E-state index contributed by atoms with van der Waals surface area (Å²) < 4.78 is 26.8. The van der Waals surface area contributed by atoms with Crippen LogP contribution in [0.5, 0.6) is 0 Å². The summed E-state index contributed by atoms with van der Waals surface area (Å²) in [7, 11) is 0. The normalized spacial score (nSPS) is 25.1. The molecule has 0 spiro atoms. The number of carbonyl (C=O) groups excluding carboxylic acids is 2. The smallest absolute Gasteiger partial charge is 0.328 e. The average molecular weight is 386 g/mol. The molecule has 1 fully saturated rings. The molecule has 1 amide bonds. The number of ether oxygens (including phenoxy) is 1. The number of nitrogens with one attached hydrogen (secondary N) is 3. The van der Waals surface area contributed by atoms with Crippen molar-refractivity contribution in [3.05, 3.63) is 0 Å². The van der Waals surface area contributed by atoms with Gasteiger partial charge in [0.2, 0.25) is 17.8 Å². The summed E-state index contributed by atoms with van der Waals surface area (Å²) in [6.07, 6.45) is 8.84. The number of hydrazine groups is 1. The highest BCUT2D eigenvalue weighted by molar-refractivity contribution is 5.97. The Kier molecular flexibility index (Phi) is 8.66. The van der Waals surface area contributed by atoms with E-state index in [0.29, 0.717) is 6.42 Å². The maximum atomic E-state index is 12.3. The van der Waals surface area contributed by atoms with Gasteiger partial charge in [-0.2, -0.15) is 0 Å². The summed E-state index contributed by atoms with van der Waals surface area (Å²) in [5.41, 5.74) is 7.94. The van der Waals surface area contributed by atoms with Crippen LogP contribution in [0.15, 0.2) is 4.99 Å². The van der Waals surface area contributed by atoms with Crippen molar-refractivity contribution in [1.82, 2.24) is 15.8 Å². The lowest BCUT2D eigenvalue weighted by molar-refractivity contribution is -0.149. The molecule has 0 aliphatic carbocycles. The van der Waals surface area contributed by atoms with Crippen LogP contribution in [0.2, 0.25) is 0 Å². The number of guanidine groups is 2. The summed E-state index contributed by atoms with van der Waals surface area (Å²) in [5.74, 6) is -1.98. The Labute approximate surface area is 165 Å². The Hall–Kier alpha value is -2.32. The molecule has 0 saturated carbocycles. The number of hydrogen-bond acceptors (Lipinski definition) is 5. The van der Waals surface area contributed by atoms with E-state index in [4.69, 9.17) is 20.0 Å². The SMILES string of the molecule is [2H]C([2H])([2H])N=C(N)NN1CC(=O)OC(C)CCCCCCCCCCC(=O)NC1=N. The third kappa shape index (κ3) is 10.4. The van der Waals surface area contributed by atoms with Crippen LogP contribution in [0.3, 0.4) is 0 Å². The minimum atomic E-state index is -2.69. The monoisotopic (exact) mass is 385 g/mol. The highest BCUT2D eigenvalue weighted by Crippen LogP contribution is 2.12. The van der Waals surface area contributed by atoms with Gasteiger partial charge in [0.05, 0.1) is 6.10 Å². The second-order valence-electron chi connectivity index (χ2n) is 6.76. The summed E-state index contributed by atoms with van der Waals surface area (Å²) >= 11 is 0. The standard InChI is InChI=1S/C18H34N6O3/c1-14-11-9-7-5-3-4-6-8-10-12-15(25)22-18(20)24(13-16(26)27-14)23-17(19)21-2/h14H,3-13H2,1-2H3,(H3,19,21,23)(H2,20,22,25)/i2D3. The number of esters is 1. The van der Waals surface area contributed by atoms with E-state index in [1.807, 2.05) is 0 Å². The molecule has 154 valence electrons. The molecule has 0 aromatic heterocycles. The quantitative estimate of drug-likeness (QED) is 0.308. The molecule has 1 aliphatic rings. The van der Waals surface area contributed by atoms with Gasteiger partial charge in [-0.25, -0.2) is 5.01 Å². The minimum absolute atomic E-state index is 0.247. The van der Waals surface area contributed by atoms with E-state index in [2.05, 4.69) is 15.7 Å². The van der Waals surface area contributed by atoms with E-state index in [9.17, 15) is 9.59 Å². The van der Waals surface area contributed by atoms with Crippen molar-refractivity contribution in [1.29, 1.82) is 5.41 Å². The fourth-order valence-electron chi connectivity index (χ4n) is 2.83. The zero-order valence-corrected chi connectivity index (χ0v) is 16.1. The lowest BCUT2D eigenvalue weighted by Crippen LogP contribution is -2.56. The predicted octanol–water partition coefficient (Wildman–Crippen LogP) is 1.63. The minimum Gasteiger partial charge on any atom is -0.461 e. The number of amides is 1. The molecule has 0 aromatic carbocycles. The van der Waals surface area contributed by atoms with Crippen molar-refractivity contribution in [2.24, 2.45) is 10.7 Å². The van der Waals surface area contributed by atoms with Crippen LogP contribution in [0.4, 0.5) is 0 Å². The van der Waals surface area contributed by atoms with Crippen molar-refractivity contribution < 1.29 is 18.4 Å². The summed E-state index contributed by atoms with van der Waals surface area (Å²) in [6.45, 7) is -1.35. The molecule has 0 radical (unpaired) electrons. The molecule has 1 saturated heterocycles. The molecule has 1 aliphatic heterocycles. The number of nitrogens with zero attached hydrogens (tertiary/aromatic N) is 2. The first-order valence-electron chi connectivity index (χ1n) is 11.0. The first-order valence-corrected chi connectivity index (χ1v) is 9.54. The number of hydrogen-bond donors (Lipinski definition) is 4. The van der Waals surface area contributed by atoms with Crippen LogP contribution in [0.25, 0.3) is 0 Å². The average Bonchev–Trinajstić information content (AvgIpc) is 2.60. The fraction of sp³-hybridized carbons (Fsp3) is 0.778. The molecule has 1 rings (SSSR count). The van der Waals surface area contributed by atoms with Crippen LogP contribution in [0, 0.1) is 5.41 Å². The van der Waals surface area contributed by atoms with Crippen LogP contribution in [-0.2, 0) is 14.3 Å². The zero-order chi connectivity index (χ0) is 22.6. The van der Waals surface area contributed by atoms with Gasteiger partial charge in [0, 0.05) is 17.5 Å². The first kappa shape index (κ1) is 18.1. The van der Waals surface area contributed by atoms with Gasteiger partial charge in [-0.05, 0) is 26.2 Å². The van der Waals surface area contributed by atoms with E-state index < -0.39 is 31.4 Å². The van der Waals surface area contributed by atoms with Gasteiger partial charge < -0.3 is 10.5 Å². The van der Waals surface area contributed by atoms with Crippen LogP contribution < -0.4 is 16.5 Å². The Morgan fingerprint density at radius 1 is 1.26 bits per heavy atom. The summed E-state index contributed by atoms with van der Waals surface area (Å²) in [4.78, 5) is 27.7. The molecule has 0 bridgehead atoms. The van der Waals surface area contributed by atoms with Gasteiger partial charge in [-0.15, -0.1) is 0 Å². The van der Waals surface area contributed by atoms with Crippen molar-refractivity contribution in [2.45, 2.75) is 77.2 Å². The van der Waals surface area contributed by atoms with Gasteiger partial charge >= 0.3 is 5.97 Å². The lowest BCUT2D eigenvalue weighted by atomic mass is 10.1. The van der Waals surface area contributed by atoms with E-state index in [1.54, 1.807) is 6.92 Å². The number of carbonyl (C=O) groups is 2. The van der Waals surface area contributed by atoms with Gasteiger partial charge in [0.25, 0.3) is 0 Å². The third-order valence-electron chi connectivity index (χ3n) is 4.28. The largest absolute Gasteiger partial charge is 0.461 e. The Bertz CT molecular complexity index is 612. The van der Waals surface area contributed by atoms with Gasteiger partial charge in [-0.1, -0.05) is 38.5 Å². The molecule has 0 aromatic rings. The van der Waals surface area contributed by atoms with Crippen LogP contribution in [0.1, 0.15) is 75.2 Å². The van der Waals surface area contributed by atoms with Crippen molar-refractivity contribution in [2.75, 3.05) is 13.5 Å². The topological polar surface area (TPSA) is 133 Å². The molecule has 1 heterocycles. The van der Waals surface area contributed by atoms with Crippen molar-refractivity contribution >= 4 is 23.8 Å². The maximum Gasteiger partial charge on any atom is 0.328 e. The van der Waals surface area contributed by atoms with Gasteiger partial charge in [0.1, 0.15) is 6.54 Å². The molecule has 9 heteroatoms. The predicted molar refractivity (Wildman–Crippen MR) is 105 cm³/mol. The summed E-state index contributed by atoms with van der Waals surface area (Å²) in [6, 6.07) is 0. The molecule has 27 heavy (non-hydrogen) atoms. The zero-order valence-electron chi connectivity index (χ0n) is 19.1. The van der Waals surface area contributed by atoms with E-state index >= 15 is 0 Å². The van der Waals surface area contributed by atoms with E-state index in [1.165, 1.54) is 0 Å². The second-order valence-corrected chi connectivity index (χ2v) is 6.76. The maximum absolute atomic E-state index is 12.3. The molecule has 9 nitrogen and oxygen atoms in total. The lowest BCUT2D eigenvalue weighted by Gasteiger charge is -2.25. The van der Waals surface area contributed by atoms with Crippen molar-refractivity contribution in [3.63, 3.8) is 0 Å². The number of aliphatic imine (C=N–C) groups is 1. The van der Waals surface area contributed by atoms with Crippen LogP contribution in [-0.4, -0.2) is 48.4 Å². The first-order chi connectivity index (χ1) is 14.1. The van der Waals surface area contributed by atoms with E-state index in [-0.39, 0.29) is 18.4 Å². The van der Waals surface area contributed by atoms with Gasteiger partial charge in [0.15, 0.2) is 0 Å². The Morgan fingerprint density at radius 3 is 2.56 bits per heavy atom. The fourth-order valence-corrected chi connectivity index (χ4v) is 2.83. The molecular weight excluding hydrogens is 348 g/mol. The summed E-state index contributed by atoms with van der Waals surface area (Å²) in [5, 5.41) is 11.4. The third-order valence-corrected chi connectivity index (χ3v) is 4.28. The van der Waals surface area contributed by atoms with Gasteiger partial charge in [-0.3, -0.25) is 30.7 Å². The molecule has 5 N–H and O–H groups in total.